The van der Waals surface area contributed by atoms with Gasteiger partial charge in [-0.25, -0.2) is 14.1 Å². The van der Waals surface area contributed by atoms with Gasteiger partial charge < -0.3 is 0 Å². The number of non-ortho nitro benzene ring substituents is 1. The summed E-state index contributed by atoms with van der Waals surface area (Å²) in [6.07, 6.45) is 1.52. The van der Waals surface area contributed by atoms with E-state index in [1.54, 1.807) is 12.1 Å². The van der Waals surface area contributed by atoms with Gasteiger partial charge >= 0.3 is 0 Å². The first-order chi connectivity index (χ1) is 14.0. The topological polar surface area (TPSA) is 122 Å². The highest BCUT2D eigenvalue weighted by Gasteiger charge is 2.20. The van der Waals surface area contributed by atoms with Crippen molar-refractivity contribution in [1.82, 2.24) is 25.0 Å². The minimum atomic E-state index is -0.516. The predicted octanol–water partition coefficient (Wildman–Crippen LogP) is 3.30. The van der Waals surface area contributed by atoms with Gasteiger partial charge in [-0.3, -0.25) is 25.1 Å². The number of nitrogens with zero attached hydrogens (tertiary/aromatic N) is 4. The molecule has 3 aromatic heterocycles. The highest BCUT2D eigenvalue weighted by Crippen LogP contribution is 2.31. The van der Waals surface area contributed by atoms with Crippen molar-refractivity contribution in [3.8, 4) is 16.9 Å². The Kier molecular flexibility index (Phi) is 3.53. The number of H-pyrrole nitrogens is 2. The van der Waals surface area contributed by atoms with E-state index in [1.165, 1.54) is 47.3 Å². The van der Waals surface area contributed by atoms with Crippen LogP contribution in [0.2, 0.25) is 0 Å². The lowest BCUT2D eigenvalue weighted by molar-refractivity contribution is -0.384. The van der Waals surface area contributed by atoms with Crippen LogP contribution in [0.1, 0.15) is 0 Å². The van der Waals surface area contributed by atoms with Gasteiger partial charge in [0.25, 0.3) is 11.2 Å². The van der Waals surface area contributed by atoms with Gasteiger partial charge in [0.1, 0.15) is 5.82 Å². The third kappa shape index (κ3) is 2.57. The van der Waals surface area contributed by atoms with E-state index in [2.05, 4.69) is 20.3 Å². The quantitative estimate of drug-likeness (QED) is 0.361. The number of hydrogen-bond donors (Lipinski definition) is 2. The van der Waals surface area contributed by atoms with E-state index < -0.39 is 16.3 Å². The fraction of sp³-hybridized carbons (Fsp3) is 0. The summed E-state index contributed by atoms with van der Waals surface area (Å²) in [5.74, 6) is -0.487. The van der Waals surface area contributed by atoms with E-state index in [4.69, 9.17) is 0 Å². The monoisotopic (exact) mass is 390 g/mol. The Bertz CT molecular complexity index is 1480. The molecule has 9 nitrogen and oxygen atoms in total. The van der Waals surface area contributed by atoms with Gasteiger partial charge in [-0.05, 0) is 18.2 Å². The molecule has 0 saturated carbocycles. The van der Waals surface area contributed by atoms with Gasteiger partial charge in [-0.2, -0.15) is 5.10 Å². The van der Waals surface area contributed by atoms with Crippen LogP contribution in [0.5, 0.6) is 0 Å². The Morgan fingerprint density at radius 3 is 2.76 bits per heavy atom. The lowest BCUT2D eigenvalue weighted by Gasteiger charge is -2.03. The Morgan fingerprint density at radius 1 is 1.14 bits per heavy atom. The SMILES string of the molecule is O=c1c2c(-c3cccc([N+](=O)[O-])c3)nc3[nH]ncc3c2[nH]n1-c1cccc(F)c1. The fourth-order valence-electron chi connectivity index (χ4n) is 3.34. The third-order valence-electron chi connectivity index (χ3n) is 4.64. The fourth-order valence-corrected chi connectivity index (χ4v) is 3.34. The number of nitro benzene ring substituents is 1. The molecule has 0 radical (unpaired) electrons. The standard InChI is InChI=1S/C19H11FN6O3/c20-11-4-2-5-12(8-11)25-19(27)15-16(10-3-1-6-13(7-10)26(28)29)22-18-14(9-21-23-18)17(15)24-25/h1-9,24H,(H,21,22,23). The average Bonchev–Trinajstić information content (AvgIpc) is 3.32. The van der Waals surface area contributed by atoms with Gasteiger partial charge in [0.15, 0.2) is 5.65 Å². The van der Waals surface area contributed by atoms with Crippen LogP contribution in [0.25, 0.3) is 38.9 Å². The molecule has 5 aromatic rings. The summed E-state index contributed by atoms with van der Waals surface area (Å²) >= 11 is 0. The Morgan fingerprint density at radius 2 is 1.97 bits per heavy atom. The average molecular weight is 390 g/mol. The molecule has 2 aromatic carbocycles. The highest BCUT2D eigenvalue weighted by molar-refractivity contribution is 6.07. The van der Waals surface area contributed by atoms with E-state index in [-0.39, 0.29) is 16.8 Å². The lowest BCUT2D eigenvalue weighted by Crippen LogP contribution is -2.15. The van der Waals surface area contributed by atoms with Crippen LogP contribution in [0, 0.1) is 15.9 Å². The van der Waals surface area contributed by atoms with E-state index in [1.807, 2.05) is 0 Å². The minimum absolute atomic E-state index is 0.122. The summed E-state index contributed by atoms with van der Waals surface area (Å²) in [6.45, 7) is 0. The second-order valence-corrected chi connectivity index (χ2v) is 6.38. The molecule has 5 rings (SSSR count). The summed E-state index contributed by atoms with van der Waals surface area (Å²) in [7, 11) is 0. The zero-order valence-corrected chi connectivity index (χ0v) is 14.6. The van der Waals surface area contributed by atoms with Crippen molar-refractivity contribution >= 4 is 27.6 Å². The number of pyridine rings is 1. The van der Waals surface area contributed by atoms with Crippen molar-refractivity contribution in [2.24, 2.45) is 0 Å². The van der Waals surface area contributed by atoms with Crippen molar-refractivity contribution in [3.05, 3.63) is 81.0 Å². The van der Waals surface area contributed by atoms with Crippen molar-refractivity contribution in [3.63, 3.8) is 0 Å². The molecule has 0 aliphatic carbocycles. The summed E-state index contributed by atoms with van der Waals surface area (Å²) < 4.78 is 14.9. The molecule has 142 valence electrons. The first-order valence-electron chi connectivity index (χ1n) is 8.51. The number of aromatic amines is 2. The second kappa shape index (κ2) is 6.09. The number of halogens is 1. The first-order valence-corrected chi connectivity index (χ1v) is 8.51. The Balaban J connectivity index is 1.88. The Labute approximate surface area is 160 Å². The molecular formula is C19H11FN6O3. The van der Waals surface area contributed by atoms with Crippen molar-refractivity contribution in [2.75, 3.05) is 0 Å². The minimum Gasteiger partial charge on any atom is -0.289 e. The highest BCUT2D eigenvalue weighted by atomic mass is 19.1. The van der Waals surface area contributed by atoms with E-state index in [0.717, 1.165) is 0 Å². The summed E-state index contributed by atoms with van der Waals surface area (Å²) in [5.41, 5.74) is 1.25. The first kappa shape index (κ1) is 16.8. The van der Waals surface area contributed by atoms with Crippen LogP contribution < -0.4 is 5.56 Å². The predicted molar refractivity (Wildman–Crippen MR) is 103 cm³/mol. The van der Waals surface area contributed by atoms with Crippen molar-refractivity contribution < 1.29 is 9.31 Å². The number of nitro groups is 1. The molecule has 10 heteroatoms. The smallest absolute Gasteiger partial charge is 0.281 e. The van der Waals surface area contributed by atoms with Crippen LogP contribution in [0.3, 0.4) is 0 Å². The molecule has 0 amide bonds. The van der Waals surface area contributed by atoms with E-state index >= 15 is 0 Å². The number of nitrogens with one attached hydrogen (secondary N) is 2. The molecule has 0 fully saturated rings. The summed E-state index contributed by atoms with van der Waals surface area (Å²) in [5, 5.41) is 21.7. The molecule has 0 saturated heterocycles. The number of hydrogen-bond acceptors (Lipinski definition) is 5. The molecule has 0 atom stereocenters. The molecule has 29 heavy (non-hydrogen) atoms. The molecule has 0 spiro atoms. The maximum atomic E-state index is 13.7. The van der Waals surface area contributed by atoms with E-state index in [0.29, 0.717) is 27.8 Å². The largest absolute Gasteiger partial charge is 0.289 e. The van der Waals surface area contributed by atoms with Crippen LogP contribution in [0.4, 0.5) is 10.1 Å². The maximum Gasteiger partial charge on any atom is 0.281 e. The Hall–Kier alpha value is -4.34. The zero-order valence-electron chi connectivity index (χ0n) is 14.6. The van der Waals surface area contributed by atoms with Gasteiger partial charge in [-0.1, -0.05) is 18.2 Å². The van der Waals surface area contributed by atoms with Gasteiger partial charge in [-0.15, -0.1) is 0 Å². The van der Waals surface area contributed by atoms with E-state index in [9.17, 15) is 19.3 Å². The number of benzene rings is 2. The van der Waals surface area contributed by atoms with Crippen molar-refractivity contribution in [2.45, 2.75) is 0 Å². The molecule has 2 N–H and O–H groups in total. The molecule has 0 bridgehead atoms. The van der Waals surface area contributed by atoms with Gasteiger partial charge in [0, 0.05) is 17.7 Å². The van der Waals surface area contributed by atoms with Crippen molar-refractivity contribution in [1.29, 1.82) is 0 Å². The van der Waals surface area contributed by atoms with Gasteiger partial charge in [0.2, 0.25) is 0 Å². The maximum absolute atomic E-state index is 13.7. The zero-order chi connectivity index (χ0) is 20.1. The second-order valence-electron chi connectivity index (χ2n) is 6.38. The number of rotatable bonds is 3. The number of aromatic nitrogens is 5. The third-order valence-corrected chi connectivity index (χ3v) is 4.64. The molecule has 3 heterocycles. The van der Waals surface area contributed by atoms with Crippen LogP contribution in [0.15, 0.2) is 59.5 Å². The molecule has 0 aliphatic heterocycles. The van der Waals surface area contributed by atoms with Crippen LogP contribution in [-0.4, -0.2) is 29.9 Å². The number of fused-ring (bicyclic) bond motifs is 3. The summed E-state index contributed by atoms with van der Waals surface area (Å²) in [6, 6.07) is 11.5. The summed E-state index contributed by atoms with van der Waals surface area (Å²) in [4.78, 5) is 28.3. The molecular weight excluding hydrogens is 379 g/mol. The van der Waals surface area contributed by atoms with Gasteiger partial charge in [0.05, 0.1) is 38.8 Å². The van der Waals surface area contributed by atoms with Crippen LogP contribution >= 0.6 is 0 Å². The van der Waals surface area contributed by atoms with Crippen LogP contribution in [-0.2, 0) is 0 Å². The molecule has 0 unspecified atom stereocenters. The molecule has 0 aliphatic rings. The lowest BCUT2D eigenvalue weighted by atomic mass is 10.1. The normalized spacial score (nSPS) is 11.3.